The highest BCUT2D eigenvalue weighted by Gasteiger charge is 2.34. The number of nitrogens with zero attached hydrogens (tertiary/aromatic N) is 4. The molecule has 0 atom stereocenters. The molecule has 6 nitrogen and oxygen atoms in total. The Hall–Kier alpha value is -1.42. The van der Waals surface area contributed by atoms with Gasteiger partial charge in [0.25, 0.3) is 0 Å². The third-order valence-corrected chi connectivity index (χ3v) is 5.09. The Morgan fingerprint density at radius 1 is 1.24 bits per heavy atom. The molecule has 2 heterocycles. The van der Waals surface area contributed by atoms with Gasteiger partial charge < -0.3 is 4.90 Å². The van der Waals surface area contributed by atoms with Crippen molar-refractivity contribution >= 4 is 16.0 Å². The summed E-state index contributed by atoms with van der Waals surface area (Å²) in [5, 5.41) is 0. The van der Waals surface area contributed by atoms with Gasteiger partial charge in [0, 0.05) is 32.4 Å². The van der Waals surface area contributed by atoms with E-state index in [-0.39, 0.29) is 37.9 Å². The molecular weight excluding hydrogens is 309 g/mol. The lowest BCUT2D eigenvalue weighted by atomic mass is 10.3. The smallest absolute Gasteiger partial charge is 0.338 e. The number of halogens is 3. The third kappa shape index (κ3) is 3.62. The summed E-state index contributed by atoms with van der Waals surface area (Å²) in [7, 11) is -3.27. The van der Waals surface area contributed by atoms with Crippen molar-refractivity contribution in [2.45, 2.75) is 13.1 Å². The van der Waals surface area contributed by atoms with Gasteiger partial charge in [-0.3, -0.25) is 0 Å². The zero-order valence-corrected chi connectivity index (χ0v) is 12.2. The van der Waals surface area contributed by atoms with Gasteiger partial charge in [-0.15, -0.1) is 0 Å². The zero-order valence-electron chi connectivity index (χ0n) is 11.3. The molecule has 0 bridgehead atoms. The first-order valence-electron chi connectivity index (χ1n) is 6.37. The molecule has 0 spiro atoms. The summed E-state index contributed by atoms with van der Waals surface area (Å²) in [6, 6.07) is 0.807. The predicted octanol–water partition coefficient (Wildman–Crippen LogP) is 0.967. The van der Waals surface area contributed by atoms with Gasteiger partial charge in [0.15, 0.2) is 0 Å². The van der Waals surface area contributed by atoms with Crippen LogP contribution < -0.4 is 4.90 Å². The highest BCUT2D eigenvalue weighted by Crippen LogP contribution is 2.28. The van der Waals surface area contributed by atoms with Crippen LogP contribution in [0.4, 0.5) is 19.1 Å². The summed E-state index contributed by atoms with van der Waals surface area (Å²) in [5.41, 5.74) is -1.00. The van der Waals surface area contributed by atoms with E-state index in [1.165, 1.54) is 4.31 Å². The number of rotatable bonds is 3. The molecule has 1 aliphatic heterocycles. The van der Waals surface area contributed by atoms with E-state index in [4.69, 9.17) is 0 Å². The summed E-state index contributed by atoms with van der Waals surface area (Å²) < 4.78 is 62.6. The standard InChI is InChI=1S/C11H15F3N4O2S/c1-2-21(19,20)18-7-5-17(6-8-18)10-15-4-3-9(16-10)11(12,13)14/h3-4H,2,5-8H2,1H3. The maximum atomic E-state index is 12.6. The number of aromatic nitrogens is 2. The van der Waals surface area contributed by atoms with Crippen LogP contribution in [0.3, 0.4) is 0 Å². The van der Waals surface area contributed by atoms with E-state index in [9.17, 15) is 21.6 Å². The van der Waals surface area contributed by atoms with Crippen LogP contribution >= 0.6 is 0 Å². The Labute approximate surface area is 120 Å². The van der Waals surface area contributed by atoms with Crippen LogP contribution in [-0.2, 0) is 16.2 Å². The number of anilines is 1. The fourth-order valence-corrected chi connectivity index (χ4v) is 3.09. The summed E-state index contributed by atoms with van der Waals surface area (Å²) in [5.74, 6) is -0.0223. The molecule has 1 aliphatic rings. The van der Waals surface area contributed by atoms with Gasteiger partial charge in [0.2, 0.25) is 16.0 Å². The van der Waals surface area contributed by atoms with Crippen molar-refractivity contribution in [3.8, 4) is 0 Å². The van der Waals surface area contributed by atoms with Crippen LogP contribution in [0.1, 0.15) is 12.6 Å². The Kier molecular flexibility index (Phi) is 4.38. The van der Waals surface area contributed by atoms with Crippen LogP contribution in [0.25, 0.3) is 0 Å². The third-order valence-electron chi connectivity index (χ3n) is 3.21. The molecule has 0 N–H and O–H groups in total. The van der Waals surface area contributed by atoms with Gasteiger partial charge in [0.1, 0.15) is 5.69 Å². The van der Waals surface area contributed by atoms with Gasteiger partial charge in [-0.2, -0.15) is 17.5 Å². The molecule has 0 amide bonds. The maximum Gasteiger partial charge on any atom is 0.433 e. The van der Waals surface area contributed by atoms with Crippen molar-refractivity contribution < 1.29 is 21.6 Å². The first-order chi connectivity index (χ1) is 9.74. The predicted molar refractivity (Wildman–Crippen MR) is 70.3 cm³/mol. The highest BCUT2D eigenvalue weighted by atomic mass is 32.2. The number of sulfonamides is 1. The molecule has 1 fully saturated rings. The first kappa shape index (κ1) is 16.0. The molecule has 1 saturated heterocycles. The van der Waals surface area contributed by atoms with E-state index in [0.29, 0.717) is 0 Å². The zero-order chi connectivity index (χ0) is 15.7. The van der Waals surface area contributed by atoms with Crippen LogP contribution in [0, 0.1) is 0 Å². The molecule has 0 saturated carbocycles. The molecule has 1 aromatic heterocycles. The van der Waals surface area contributed by atoms with E-state index in [2.05, 4.69) is 9.97 Å². The highest BCUT2D eigenvalue weighted by molar-refractivity contribution is 7.89. The molecule has 118 valence electrons. The van der Waals surface area contributed by atoms with E-state index in [0.717, 1.165) is 12.3 Å². The Balaban J connectivity index is 2.10. The molecule has 0 radical (unpaired) electrons. The maximum absolute atomic E-state index is 12.6. The van der Waals surface area contributed by atoms with Crippen molar-refractivity contribution in [1.29, 1.82) is 0 Å². The fourth-order valence-electron chi connectivity index (χ4n) is 2.01. The molecule has 0 aliphatic carbocycles. The lowest BCUT2D eigenvalue weighted by Crippen LogP contribution is -2.49. The second kappa shape index (κ2) is 5.76. The molecule has 10 heteroatoms. The SMILES string of the molecule is CCS(=O)(=O)N1CCN(c2nccc(C(F)(F)F)n2)CC1. The average molecular weight is 324 g/mol. The summed E-state index contributed by atoms with van der Waals surface area (Å²) in [6.07, 6.45) is -3.47. The van der Waals surface area contributed by atoms with Gasteiger partial charge in [-0.25, -0.2) is 18.4 Å². The topological polar surface area (TPSA) is 66.4 Å². The average Bonchev–Trinajstić information content (AvgIpc) is 2.47. The number of hydrogen-bond donors (Lipinski definition) is 0. The van der Waals surface area contributed by atoms with Crippen LogP contribution in [0.2, 0.25) is 0 Å². The van der Waals surface area contributed by atoms with Crippen molar-refractivity contribution in [1.82, 2.24) is 14.3 Å². The van der Waals surface area contributed by atoms with Crippen molar-refractivity contribution in [3.05, 3.63) is 18.0 Å². The van der Waals surface area contributed by atoms with E-state index in [1.807, 2.05) is 0 Å². The van der Waals surface area contributed by atoms with Crippen LogP contribution in [0.15, 0.2) is 12.3 Å². The van der Waals surface area contributed by atoms with Crippen LogP contribution in [-0.4, -0.2) is 54.6 Å². The minimum absolute atomic E-state index is 0.00700. The van der Waals surface area contributed by atoms with Crippen molar-refractivity contribution in [2.75, 3.05) is 36.8 Å². The molecule has 1 aromatic rings. The Morgan fingerprint density at radius 3 is 2.38 bits per heavy atom. The van der Waals surface area contributed by atoms with Gasteiger partial charge in [0.05, 0.1) is 5.75 Å². The second-order valence-electron chi connectivity index (χ2n) is 4.53. The van der Waals surface area contributed by atoms with E-state index < -0.39 is 21.9 Å². The van der Waals surface area contributed by atoms with E-state index in [1.54, 1.807) is 11.8 Å². The molecule has 0 unspecified atom stereocenters. The Bertz CT molecular complexity index is 598. The second-order valence-corrected chi connectivity index (χ2v) is 6.78. The minimum atomic E-state index is -4.52. The molecule has 2 rings (SSSR count). The summed E-state index contributed by atoms with van der Waals surface area (Å²) in [4.78, 5) is 8.88. The first-order valence-corrected chi connectivity index (χ1v) is 7.98. The monoisotopic (exact) mass is 324 g/mol. The van der Waals surface area contributed by atoms with Gasteiger partial charge in [-0.1, -0.05) is 0 Å². The minimum Gasteiger partial charge on any atom is -0.338 e. The van der Waals surface area contributed by atoms with Crippen LogP contribution in [0.5, 0.6) is 0 Å². The number of piperazine rings is 1. The van der Waals surface area contributed by atoms with Gasteiger partial charge >= 0.3 is 6.18 Å². The Morgan fingerprint density at radius 2 is 1.86 bits per heavy atom. The normalized spacial score (nSPS) is 18.0. The quantitative estimate of drug-likeness (QED) is 0.829. The molecule has 0 aromatic carbocycles. The summed E-state index contributed by atoms with van der Waals surface area (Å²) in [6.45, 7) is 2.52. The van der Waals surface area contributed by atoms with Crippen molar-refractivity contribution in [2.24, 2.45) is 0 Å². The lowest BCUT2D eigenvalue weighted by molar-refractivity contribution is -0.141. The van der Waals surface area contributed by atoms with Gasteiger partial charge in [-0.05, 0) is 13.0 Å². The fraction of sp³-hybridized carbons (Fsp3) is 0.636. The number of hydrogen-bond acceptors (Lipinski definition) is 5. The lowest BCUT2D eigenvalue weighted by Gasteiger charge is -2.33. The van der Waals surface area contributed by atoms with Crippen molar-refractivity contribution in [3.63, 3.8) is 0 Å². The molecular formula is C11H15F3N4O2S. The summed E-state index contributed by atoms with van der Waals surface area (Å²) >= 11 is 0. The largest absolute Gasteiger partial charge is 0.433 e. The number of alkyl halides is 3. The van der Waals surface area contributed by atoms with E-state index >= 15 is 0 Å². The molecule has 21 heavy (non-hydrogen) atoms.